The van der Waals surface area contributed by atoms with E-state index in [0.717, 1.165) is 36.4 Å². The smallest absolute Gasteiger partial charge is 0.132 e. The van der Waals surface area contributed by atoms with Crippen molar-refractivity contribution in [2.45, 2.75) is 32.2 Å². The molecule has 106 valence electrons. The molecule has 20 heavy (non-hydrogen) atoms. The van der Waals surface area contributed by atoms with Gasteiger partial charge in [0.15, 0.2) is 0 Å². The van der Waals surface area contributed by atoms with Gasteiger partial charge in [0, 0.05) is 24.9 Å². The number of hydrogen-bond acceptors (Lipinski definition) is 4. The van der Waals surface area contributed by atoms with Crippen LogP contribution in [0.25, 0.3) is 0 Å². The first-order valence-electron chi connectivity index (χ1n) is 6.89. The van der Waals surface area contributed by atoms with Gasteiger partial charge in [-0.25, -0.2) is 9.97 Å². The van der Waals surface area contributed by atoms with Crippen LogP contribution in [-0.2, 0) is 12.8 Å². The van der Waals surface area contributed by atoms with Crippen LogP contribution >= 0.6 is 0 Å². The summed E-state index contributed by atoms with van der Waals surface area (Å²) in [6.07, 6.45) is 6.28. The quantitative estimate of drug-likeness (QED) is 0.876. The van der Waals surface area contributed by atoms with Crippen LogP contribution in [0.1, 0.15) is 30.3 Å². The summed E-state index contributed by atoms with van der Waals surface area (Å²) in [6, 6.07) is 8.14. The van der Waals surface area contributed by atoms with Gasteiger partial charge in [-0.1, -0.05) is 19.1 Å². The Bertz CT molecular complexity index is 522. The van der Waals surface area contributed by atoms with Crippen LogP contribution in [0.4, 0.5) is 0 Å². The summed E-state index contributed by atoms with van der Waals surface area (Å²) in [5.41, 5.74) is 8.19. The van der Waals surface area contributed by atoms with Gasteiger partial charge in [-0.3, -0.25) is 0 Å². The van der Waals surface area contributed by atoms with Crippen molar-refractivity contribution in [3.8, 4) is 5.75 Å². The number of nitrogens with two attached hydrogens (primary N) is 1. The molecule has 4 nitrogen and oxygen atoms in total. The molecule has 1 heterocycles. The largest absolute Gasteiger partial charge is 0.497 e. The second-order valence-electron chi connectivity index (χ2n) is 4.90. The van der Waals surface area contributed by atoms with Crippen molar-refractivity contribution in [1.29, 1.82) is 0 Å². The zero-order chi connectivity index (χ0) is 14.4. The summed E-state index contributed by atoms with van der Waals surface area (Å²) in [7, 11) is 1.66. The Morgan fingerprint density at radius 2 is 1.75 bits per heavy atom. The van der Waals surface area contributed by atoms with Crippen molar-refractivity contribution in [1.82, 2.24) is 9.97 Å². The van der Waals surface area contributed by atoms with Crippen molar-refractivity contribution in [2.75, 3.05) is 7.11 Å². The van der Waals surface area contributed by atoms with Gasteiger partial charge >= 0.3 is 0 Å². The van der Waals surface area contributed by atoms with E-state index in [1.807, 2.05) is 36.7 Å². The maximum absolute atomic E-state index is 5.93. The molecule has 0 fully saturated rings. The highest BCUT2D eigenvalue weighted by Gasteiger charge is 2.04. The van der Waals surface area contributed by atoms with E-state index >= 15 is 0 Å². The van der Waals surface area contributed by atoms with E-state index in [2.05, 4.69) is 16.9 Å². The highest BCUT2D eigenvalue weighted by molar-refractivity contribution is 5.28. The van der Waals surface area contributed by atoms with Crippen LogP contribution in [0.15, 0.2) is 36.7 Å². The predicted octanol–water partition coefficient (Wildman–Crippen LogP) is 2.36. The average molecular weight is 271 g/mol. The Morgan fingerprint density at radius 3 is 2.30 bits per heavy atom. The molecular weight excluding hydrogens is 250 g/mol. The minimum atomic E-state index is 0.186. The van der Waals surface area contributed by atoms with E-state index in [0.29, 0.717) is 0 Å². The van der Waals surface area contributed by atoms with E-state index in [1.54, 1.807) is 7.11 Å². The maximum atomic E-state index is 5.93. The molecule has 0 bridgehead atoms. The van der Waals surface area contributed by atoms with Crippen LogP contribution in [0.3, 0.4) is 0 Å². The Labute approximate surface area is 120 Å². The van der Waals surface area contributed by atoms with Crippen molar-refractivity contribution in [2.24, 2.45) is 5.73 Å². The fourth-order valence-electron chi connectivity index (χ4n) is 1.95. The van der Waals surface area contributed by atoms with Crippen LogP contribution < -0.4 is 10.5 Å². The number of ether oxygens (including phenoxy) is 1. The van der Waals surface area contributed by atoms with Gasteiger partial charge in [-0.15, -0.1) is 0 Å². The molecule has 4 heteroatoms. The number of nitrogens with zero attached hydrogens (tertiary/aromatic N) is 2. The first kappa shape index (κ1) is 14.5. The van der Waals surface area contributed by atoms with Crippen molar-refractivity contribution in [3.05, 3.63) is 53.6 Å². The Morgan fingerprint density at radius 1 is 1.10 bits per heavy atom. The summed E-state index contributed by atoms with van der Waals surface area (Å²) in [5.74, 6) is 1.68. The SMILES string of the molecule is CCC(N)Cc1cnc(Cc2ccc(OC)cc2)nc1. The fraction of sp³-hybridized carbons (Fsp3) is 0.375. The third-order valence-corrected chi connectivity index (χ3v) is 3.30. The van der Waals surface area contributed by atoms with Gasteiger partial charge in [-0.05, 0) is 36.1 Å². The minimum Gasteiger partial charge on any atom is -0.497 e. The molecule has 2 aromatic rings. The third kappa shape index (κ3) is 4.03. The standard InChI is InChI=1S/C16H21N3O/c1-3-14(17)8-13-10-18-16(19-11-13)9-12-4-6-15(20-2)7-5-12/h4-7,10-11,14H,3,8-9,17H2,1-2H3. The van der Waals surface area contributed by atoms with Gasteiger partial charge < -0.3 is 10.5 Å². The van der Waals surface area contributed by atoms with Crippen LogP contribution in [0, 0.1) is 0 Å². The van der Waals surface area contributed by atoms with E-state index in [1.165, 1.54) is 5.56 Å². The number of rotatable bonds is 6. The number of aromatic nitrogens is 2. The third-order valence-electron chi connectivity index (χ3n) is 3.30. The van der Waals surface area contributed by atoms with Crippen molar-refractivity contribution < 1.29 is 4.74 Å². The Kier molecular flexibility index (Phi) is 5.07. The number of methoxy groups -OCH3 is 1. The molecule has 0 amide bonds. The van der Waals surface area contributed by atoms with Gasteiger partial charge in [0.25, 0.3) is 0 Å². The molecule has 0 saturated carbocycles. The van der Waals surface area contributed by atoms with E-state index in [4.69, 9.17) is 10.5 Å². The maximum Gasteiger partial charge on any atom is 0.132 e. The molecule has 1 aromatic carbocycles. The summed E-state index contributed by atoms with van der Waals surface area (Å²) in [6.45, 7) is 2.09. The topological polar surface area (TPSA) is 61.0 Å². The van der Waals surface area contributed by atoms with Gasteiger partial charge in [0.1, 0.15) is 11.6 Å². The van der Waals surface area contributed by atoms with Gasteiger partial charge in [-0.2, -0.15) is 0 Å². The second-order valence-corrected chi connectivity index (χ2v) is 4.90. The highest BCUT2D eigenvalue weighted by Crippen LogP contribution is 2.13. The zero-order valence-electron chi connectivity index (χ0n) is 12.0. The molecule has 1 aromatic heterocycles. The lowest BCUT2D eigenvalue weighted by molar-refractivity contribution is 0.414. The van der Waals surface area contributed by atoms with Gasteiger partial charge in [0.2, 0.25) is 0 Å². The molecule has 1 atom stereocenters. The molecule has 0 aliphatic rings. The average Bonchev–Trinajstić information content (AvgIpc) is 2.50. The molecule has 0 radical (unpaired) electrons. The molecule has 0 aliphatic carbocycles. The lowest BCUT2D eigenvalue weighted by atomic mass is 10.1. The predicted molar refractivity (Wildman–Crippen MR) is 79.8 cm³/mol. The van der Waals surface area contributed by atoms with Crippen molar-refractivity contribution in [3.63, 3.8) is 0 Å². The molecule has 0 spiro atoms. The first-order chi connectivity index (χ1) is 9.71. The Balaban J connectivity index is 1.99. The lowest BCUT2D eigenvalue weighted by Gasteiger charge is -2.08. The van der Waals surface area contributed by atoms with Gasteiger partial charge in [0.05, 0.1) is 7.11 Å². The van der Waals surface area contributed by atoms with Crippen molar-refractivity contribution >= 4 is 0 Å². The number of hydrogen-bond donors (Lipinski definition) is 1. The molecule has 0 aliphatic heterocycles. The second kappa shape index (κ2) is 7.01. The fourth-order valence-corrected chi connectivity index (χ4v) is 1.95. The van der Waals surface area contributed by atoms with E-state index in [-0.39, 0.29) is 6.04 Å². The van der Waals surface area contributed by atoms with Crippen LogP contribution in [0.5, 0.6) is 5.75 Å². The summed E-state index contributed by atoms with van der Waals surface area (Å²) in [5, 5.41) is 0. The van der Waals surface area contributed by atoms with E-state index in [9.17, 15) is 0 Å². The summed E-state index contributed by atoms with van der Waals surface area (Å²) >= 11 is 0. The Hall–Kier alpha value is -1.94. The lowest BCUT2D eigenvalue weighted by Crippen LogP contribution is -2.21. The molecule has 1 unspecified atom stereocenters. The normalized spacial score (nSPS) is 12.2. The molecule has 2 N–H and O–H groups in total. The first-order valence-corrected chi connectivity index (χ1v) is 6.89. The molecular formula is C16H21N3O. The highest BCUT2D eigenvalue weighted by atomic mass is 16.5. The zero-order valence-corrected chi connectivity index (χ0v) is 12.0. The number of benzene rings is 1. The minimum absolute atomic E-state index is 0.186. The summed E-state index contributed by atoms with van der Waals surface area (Å²) in [4.78, 5) is 8.81. The van der Waals surface area contributed by atoms with Crippen LogP contribution in [-0.4, -0.2) is 23.1 Å². The molecule has 0 saturated heterocycles. The van der Waals surface area contributed by atoms with E-state index < -0.39 is 0 Å². The van der Waals surface area contributed by atoms with Crippen LogP contribution in [0.2, 0.25) is 0 Å². The monoisotopic (exact) mass is 271 g/mol. The molecule has 2 rings (SSSR count). The summed E-state index contributed by atoms with van der Waals surface area (Å²) < 4.78 is 5.14.